The van der Waals surface area contributed by atoms with Gasteiger partial charge in [0.2, 0.25) is 0 Å². The Balaban J connectivity index is 1.62. The molecule has 3 heteroatoms. The molecule has 1 saturated carbocycles. The van der Waals surface area contributed by atoms with Crippen LogP contribution in [0.25, 0.3) is 0 Å². The lowest BCUT2D eigenvalue weighted by Crippen LogP contribution is -2.34. The summed E-state index contributed by atoms with van der Waals surface area (Å²) in [5.41, 5.74) is 3.71. The molecule has 1 fully saturated rings. The van der Waals surface area contributed by atoms with Crippen molar-refractivity contribution in [3.63, 3.8) is 0 Å². The Kier molecular flexibility index (Phi) is 3.91. The van der Waals surface area contributed by atoms with E-state index in [1.54, 1.807) is 0 Å². The molecule has 1 aliphatic carbocycles. The Morgan fingerprint density at radius 2 is 1.80 bits per heavy atom. The summed E-state index contributed by atoms with van der Waals surface area (Å²) >= 11 is 12.2. The molecule has 20 heavy (non-hydrogen) atoms. The standard InChI is InChI=1S/C17H17Cl2N/c1-11-4-2-5-12(8-11)13-9-14(10-13)20-16-7-3-6-15(18)17(16)19/h2-8,13-14,20H,9-10H2,1H3. The number of hydrogen-bond donors (Lipinski definition) is 1. The van der Waals surface area contributed by atoms with E-state index < -0.39 is 0 Å². The van der Waals surface area contributed by atoms with Gasteiger partial charge in [0.05, 0.1) is 15.7 Å². The maximum Gasteiger partial charge on any atom is 0.0823 e. The van der Waals surface area contributed by atoms with Crippen molar-refractivity contribution in [2.75, 3.05) is 5.32 Å². The minimum absolute atomic E-state index is 0.483. The molecule has 0 radical (unpaired) electrons. The van der Waals surface area contributed by atoms with Gasteiger partial charge in [-0.1, -0.05) is 59.1 Å². The predicted molar refractivity (Wildman–Crippen MR) is 87.0 cm³/mol. The molecule has 0 aromatic heterocycles. The Morgan fingerprint density at radius 3 is 2.55 bits per heavy atom. The maximum atomic E-state index is 6.20. The average Bonchev–Trinajstić information content (AvgIpc) is 2.38. The van der Waals surface area contributed by atoms with E-state index in [9.17, 15) is 0 Å². The fraction of sp³-hybridized carbons (Fsp3) is 0.294. The zero-order valence-corrected chi connectivity index (χ0v) is 12.9. The van der Waals surface area contributed by atoms with Gasteiger partial charge in [-0.2, -0.15) is 0 Å². The number of rotatable bonds is 3. The third kappa shape index (κ3) is 2.79. The molecule has 2 aromatic rings. The van der Waals surface area contributed by atoms with Gasteiger partial charge >= 0.3 is 0 Å². The Bertz CT molecular complexity index is 618. The summed E-state index contributed by atoms with van der Waals surface area (Å²) in [5, 5.41) is 4.71. The second-order valence-electron chi connectivity index (χ2n) is 5.53. The Morgan fingerprint density at radius 1 is 1.05 bits per heavy atom. The Labute approximate surface area is 129 Å². The van der Waals surface area contributed by atoms with E-state index in [4.69, 9.17) is 23.2 Å². The van der Waals surface area contributed by atoms with Crippen LogP contribution < -0.4 is 5.32 Å². The van der Waals surface area contributed by atoms with Crippen LogP contribution in [0.5, 0.6) is 0 Å². The summed E-state index contributed by atoms with van der Waals surface area (Å²) < 4.78 is 0. The smallest absolute Gasteiger partial charge is 0.0823 e. The zero-order chi connectivity index (χ0) is 14.1. The summed E-state index contributed by atoms with van der Waals surface area (Å²) in [4.78, 5) is 0. The first-order valence-corrected chi connectivity index (χ1v) is 7.66. The summed E-state index contributed by atoms with van der Waals surface area (Å²) in [7, 11) is 0. The quantitative estimate of drug-likeness (QED) is 0.771. The van der Waals surface area contributed by atoms with Crippen LogP contribution in [0, 0.1) is 6.92 Å². The maximum absolute atomic E-state index is 6.20. The van der Waals surface area contributed by atoms with Crippen LogP contribution in [0.2, 0.25) is 10.0 Å². The number of hydrogen-bond acceptors (Lipinski definition) is 1. The zero-order valence-electron chi connectivity index (χ0n) is 11.4. The molecule has 1 nitrogen and oxygen atoms in total. The molecular formula is C17H17Cl2N. The fourth-order valence-corrected chi connectivity index (χ4v) is 3.12. The minimum atomic E-state index is 0.483. The molecule has 0 saturated heterocycles. The van der Waals surface area contributed by atoms with Gasteiger partial charge in [-0.25, -0.2) is 0 Å². The fourth-order valence-electron chi connectivity index (χ4n) is 2.77. The highest BCUT2D eigenvalue weighted by Crippen LogP contribution is 2.40. The molecule has 0 atom stereocenters. The van der Waals surface area contributed by atoms with Crippen molar-refractivity contribution in [3.8, 4) is 0 Å². The van der Waals surface area contributed by atoms with Crippen LogP contribution in [-0.2, 0) is 0 Å². The molecule has 0 spiro atoms. The van der Waals surface area contributed by atoms with E-state index in [0.717, 1.165) is 18.5 Å². The molecule has 1 N–H and O–H groups in total. The van der Waals surface area contributed by atoms with Crippen LogP contribution in [0.3, 0.4) is 0 Å². The van der Waals surface area contributed by atoms with Gasteiger partial charge in [-0.3, -0.25) is 0 Å². The molecule has 0 amide bonds. The van der Waals surface area contributed by atoms with Crippen molar-refractivity contribution in [2.24, 2.45) is 0 Å². The largest absolute Gasteiger partial charge is 0.381 e. The van der Waals surface area contributed by atoms with E-state index >= 15 is 0 Å². The lowest BCUT2D eigenvalue weighted by atomic mass is 9.75. The van der Waals surface area contributed by atoms with Crippen LogP contribution >= 0.6 is 23.2 Å². The first-order chi connectivity index (χ1) is 9.63. The molecule has 1 aliphatic rings. The van der Waals surface area contributed by atoms with Crippen LogP contribution in [-0.4, -0.2) is 6.04 Å². The van der Waals surface area contributed by atoms with E-state index in [1.165, 1.54) is 11.1 Å². The number of anilines is 1. The van der Waals surface area contributed by atoms with Crippen molar-refractivity contribution in [3.05, 3.63) is 63.6 Å². The highest BCUT2D eigenvalue weighted by atomic mass is 35.5. The second-order valence-corrected chi connectivity index (χ2v) is 6.31. The highest BCUT2D eigenvalue weighted by Gasteiger charge is 2.30. The van der Waals surface area contributed by atoms with E-state index in [0.29, 0.717) is 22.0 Å². The van der Waals surface area contributed by atoms with Gasteiger partial charge in [0.25, 0.3) is 0 Å². The minimum Gasteiger partial charge on any atom is -0.381 e. The van der Waals surface area contributed by atoms with Gasteiger partial charge < -0.3 is 5.32 Å². The number of nitrogens with one attached hydrogen (secondary N) is 1. The monoisotopic (exact) mass is 305 g/mol. The molecule has 0 unspecified atom stereocenters. The molecule has 0 bridgehead atoms. The van der Waals surface area contributed by atoms with Gasteiger partial charge in [0, 0.05) is 6.04 Å². The van der Waals surface area contributed by atoms with Crippen LogP contribution in [0.15, 0.2) is 42.5 Å². The van der Waals surface area contributed by atoms with Gasteiger partial charge in [-0.05, 0) is 43.4 Å². The van der Waals surface area contributed by atoms with Crippen LogP contribution in [0.4, 0.5) is 5.69 Å². The van der Waals surface area contributed by atoms with Crippen molar-refractivity contribution >= 4 is 28.9 Å². The topological polar surface area (TPSA) is 12.0 Å². The number of benzene rings is 2. The summed E-state index contributed by atoms with van der Waals surface area (Å²) in [5.74, 6) is 0.658. The van der Waals surface area contributed by atoms with Gasteiger partial charge in [0.15, 0.2) is 0 Å². The molecule has 0 heterocycles. The third-order valence-corrected chi connectivity index (χ3v) is 4.78. The van der Waals surface area contributed by atoms with E-state index in [1.807, 2.05) is 18.2 Å². The number of aryl methyl sites for hydroxylation is 1. The molecular weight excluding hydrogens is 289 g/mol. The van der Waals surface area contributed by atoms with Crippen molar-refractivity contribution < 1.29 is 0 Å². The van der Waals surface area contributed by atoms with E-state index in [2.05, 4.69) is 36.5 Å². The second kappa shape index (κ2) is 5.67. The Hall–Kier alpha value is -1.18. The summed E-state index contributed by atoms with van der Waals surface area (Å²) in [6.45, 7) is 2.14. The summed E-state index contributed by atoms with van der Waals surface area (Å²) in [6, 6.07) is 15.0. The summed E-state index contributed by atoms with van der Waals surface area (Å²) in [6.07, 6.45) is 2.29. The normalized spacial score (nSPS) is 21.4. The van der Waals surface area contributed by atoms with Crippen molar-refractivity contribution in [2.45, 2.75) is 31.7 Å². The molecule has 0 aliphatic heterocycles. The highest BCUT2D eigenvalue weighted by molar-refractivity contribution is 6.43. The first kappa shape index (κ1) is 13.8. The average molecular weight is 306 g/mol. The molecule has 3 rings (SSSR count). The van der Waals surface area contributed by atoms with Crippen molar-refractivity contribution in [1.82, 2.24) is 0 Å². The van der Waals surface area contributed by atoms with Crippen molar-refractivity contribution in [1.29, 1.82) is 0 Å². The lowest BCUT2D eigenvalue weighted by molar-refractivity contribution is 0.374. The number of halogens is 2. The van der Waals surface area contributed by atoms with Crippen LogP contribution in [0.1, 0.15) is 29.9 Å². The SMILES string of the molecule is Cc1cccc(C2CC(Nc3cccc(Cl)c3Cl)C2)c1. The molecule has 2 aromatic carbocycles. The third-order valence-electron chi connectivity index (χ3n) is 3.96. The lowest BCUT2D eigenvalue weighted by Gasteiger charge is -2.37. The van der Waals surface area contributed by atoms with Gasteiger partial charge in [0.1, 0.15) is 0 Å². The van der Waals surface area contributed by atoms with E-state index in [-0.39, 0.29) is 0 Å². The first-order valence-electron chi connectivity index (χ1n) is 6.90. The molecule has 104 valence electrons. The van der Waals surface area contributed by atoms with Gasteiger partial charge in [-0.15, -0.1) is 0 Å². The predicted octanol–water partition coefficient (Wildman–Crippen LogP) is 5.66.